The van der Waals surface area contributed by atoms with Crippen molar-refractivity contribution in [3.63, 3.8) is 0 Å². The number of ether oxygens (including phenoxy) is 1. The van der Waals surface area contributed by atoms with Gasteiger partial charge in [-0.05, 0) is 29.3 Å². The van der Waals surface area contributed by atoms with Gasteiger partial charge in [0.25, 0.3) is 11.6 Å². The van der Waals surface area contributed by atoms with Gasteiger partial charge < -0.3 is 9.64 Å². The van der Waals surface area contributed by atoms with Gasteiger partial charge in [0.2, 0.25) is 0 Å². The minimum Gasteiger partial charge on any atom is -0.497 e. The van der Waals surface area contributed by atoms with Gasteiger partial charge in [-0.1, -0.05) is 12.1 Å². The smallest absolute Gasteiger partial charge is 0.269 e. The van der Waals surface area contributed by atoms with E-state index < -0.39 is 4.92 Å². The lowest BCUT2D eigenvalue weighted by molar-refractivity contribution is -0.384. The Kier molecular flexibility index (Phi) is 3.50. The predicted molar refractivity (Wildman–Crippen MR) is 79.7 cm³/mol. The van der Waals surface area contributed by atoms with Crippen LogP contribution in [-0.2, 0) is 13.1 Å². The van der Waals surface area contributed by atoms with Crippen LogP contribution < -0.4 is 4.74 Å². The van der Waals surface area contributed by atoms with E-state index in [0.717, 1.165) is 11.3 Å². The highest BCUT2D eigenvalue weighted by Crippen LogP contribution is 2.28. The number of hydrogen-bond acceptors (Lipinski definition) is 4. The lowest BCUT2D eigenvalue weighted by Gasteiger charge is -2.15. The second-order valence-electron chi connectivity index (χ2n) is 5.11. The number of hydrogen-bond donors (Lipinski definition) is 0. The Balaban J connectivity index is 1.79. The zero-order valence-electron chi connectivity index (χ0n) is 12.0. The minimum absolute atomic E-state index is 0.0119. The van der Waals surface area contributed by atoms with Crippen LogP contribution in [0.5, 0.6) is 5.75 Å². The molecule has 112 valence electrons. The fourth-order valence-corrected chi connectivity index (χ4v) is 2.56. The van der Waals surface area contributed by atoms with E-state index in [1.54, 1.807) is 12.0 Å². The van der Waals surface area contributed by atoms with Crippen LogP contribution in [0.15, 0.2) is 42.5 Å². The monoisotopic (exact) mass is 298 g/mol. The van der Waals surface area contributed by atoms with Crippen LogP contribution in [0.1, 0.15) is 21.5 Å². The molecule has 1 heterocycles. The fourth-order valence-electron chi connectivity index (χ4n) is 2.56. The van der Waals surface area contributed by atoms with Crippen molar-refractivity contribution in [2.24, 2.45) is 0 Å². The molecule has 0 saturated carbocycles. The number of rotatable bonds is 4. The van der Waals surface area contributed by atoms with Crippen molar-refractivity contribution in [1.82, 2.24) is 4.90 Å². The largest absolute Gasteiger partial charge is 0.497 e. The van der Waals surface area contributed by atoms with Gasteiger partial charge in [-0.3, -0.25) is 14.9 Å². The first-order chi connectivity index (χ1) is 10.6. The first-order valence-corrected chi connectivity index (χ1v) is 6.78. The first-order valence-electron chi connectivity index (χ1n) is 6.78. The molecular weight excluding hydrogens is 284 g/mol. The highest BCUT2D eigenvalue weighted by atomic mass is 16.6. The molecule has 2 aromatic rings. The summed E-state index contributed by atoms with van der Waals surface area (Å²) in [7, 11) is 1.60. The van der Waals surface area contributed by atoms with Crippen molar-refractivity contribution in [3.05, 3.63) is 69.3 Å². The summed E-state index contributed by atoms with van der Waals surface area (Å²) in [6, 6.07) is 11.9. The molecule has 0 fully saturated rings. The maximum Gasteiger partial charge on any atom is 0.269 e. The van der Waals surface area contributed by atoms with Gasteiger partial charge in [0.1, 0.15) is 5.75 Å². The van der Waals surface area contributed by atoms with Gasteiger partial charge in [-0.2, -0.15) is 0 Å². The third-order valence-corrected chi connectivity index (χ3v) is 3.71. The molecule has 0 atom stereocenters. The Morgan fingerprint density at radius 3 is 2.59 bits per heavy atom. The van der Waals surface area contributed by atoms with Crippen molar-refractivity contribution >= 4 is 11.6 Å². The number of fused-ring (bicyclic) bond motifs is 1. The summed E-state index contributed by atoms with van der Waals surface area (Å²) >= 11 is 0. The lowest BCUT2D eigenvalue weighted by Crippen LogP contribution is -2.23. The maximum absolute atomic E-state index is 12.3. The number of nitro benzene ring substituents is 1. The van der Waals surface area contributed by atoms with Gasteiger partial charge in [-0.15, -0.1) is 0 Å². The summed E-state index contributed by atoms with van der Waals surface area (Å²) in [6.07, 6.45) is 0. The summed E-state index contributed by atoms with van der Waals surface area (Å²) < 4.78 is 5.10. The Bertz CT molecular complexity index is 740. The SMILES string of the molecule is COc1ccc(CN2Cc3cc([N+](=O)[O-])ccc3C2=O)cc1. The van der Waals surface area contributed by atoms with E-state index in [-0.39, 0.29) is 11.6 Å². The molecule has 6 heteroatoms. The molecule has 3 rings (SSSR count). The van der Waals surface area contributed by atoms with Gasteiger partial charge in [-0.25, -0.2) is 0 Å². The number of non-ortho nitro benzene ring substituents is 1. The lowest BCUT2D eigenvalue weighted by atomic mass is 10.1. The van der Waals surface area contributed by atoms with Gasteiger partial charge in [0.05, 0.1) is 12.0 Å². The number of nitrogens with zero attached hydrogens (tertiary/aromatic N) is 2. The van der Waals surface area contributed by atoms with Crippen molar-refractivity contribution in [2.75, 3.05) is 7.11 Å². The second kappa shape index (κ2) is 5.48. The molecule has 0 aliphatic carbocycles. The normalized spacial score (nSPS) is 13.1. The quantitative estimate of drug-likeness (QED) is 0.642. The standard InChI is InChI=1S/C16H14N2O4/c1-22-14-5-2-11(3-6-14)9-17-10-12-8-13(18(20)21)4-7-15(12)16(17)19/h2-8H,9-10H2,1H3. The average molecular weight is 298 g/mol. The number of carbonyl (C=O) groups is 1. The van der Waals surface area contributed by atoms with Crippen LogP contribution in [0.4, 0.5) is 5.69 Å². The molecule has 0 unspecified atom stereocenters. The molecule has 0 aromatic heterocycles. The van der Waals surface area contributed by atoms with Gasteiger partial charge >= 0.3 is 0 Å². The first kappa shape index (κ1) is 14.1. The molecule has 2 aromatic carbocycles. The van der Waals surface area contributed by atoms with E-state index in [4.69, 9.17) is 4.74 Å². The Labute approximate surface area is 127 Å². The number of benzene rings is 2. The molecule has 1 aliphatic rings. The highest BCUT2D eigenvalue weighted by Gasteiger charge is 2.28. The molecular formula is C16H14N2O4. The van der Waals surface area contributed by atoms with Gasteiger partial charge in [0.15, 0.2) is 0 Å². The zero-order chi connectivity index (χ0) is 15.7. The summed E-state index contributed by atoms with van der Waals surface area (Å²) in [5.41, 5.74) is 2.24. The molecule has 1 amide bonds. The summed E-state index contributed by atoms with van der Waals surface area (Å²) in [6.45, 7) is 0.854. The van der Waals surface area contributed by atoms with Crippen LogP contribution in [0.25, 0.3) is 0 Å². The number of carbonyl (C=O) groups excluding carboxylic acids is 1. The molecule has 0 spiro atoms. The zero-order valence-corrected chi connectivity index (χ0v) is 12.0. The third kappa shape index (κ3) is 2.50. The highest BCUT2D eigenvalue weighted by molar-refractivity contribution is 5.98. The number of methoxy groups -OCH3 is 1. The van der Waals surface area contributed by atoms with Crippen LogP contribution in [-0.4, -0.2) is 22.8 Å². The average Bonchev–Trinajstić information content (AvgIpc) is 2.84. The van der Waals surface area contributed by atoms with Crippen LogP contribution in [0.3, 0.4) is 0 Å². The Hall–Kier alpha value is -2.89. The van der Waals surface area contributed by atoms with Gasteiger partial charge in [0, 0.05) is 30.8 Å². The molecule has 0 N–H and O–H groups in total. The number of nitro groups is 1. The summed E-state index contributed by atoms with van der Waals surface area (Å²) in [5.74, 6) is 0.663. The van der Waals surface area contributed by atoms with Crippen molar-refractivity contribution in [2.45, 2.75) is 13.1 Å². The van der Waals surface area contributed by atoms with E-state index in [0.29, 0.717) is 24.2 Å². The maximum atomic E-state index is 12.3. The Morgan fingerprint density at radius 2 is 1.95 bits per heavy atom. The summed E-state index contributed by atoms with van der Waals surface area (Å²) in [5, 5.41) is 10.8. The third-order valence-electron chi connectivity index (χ3n) is 3.71. The van der Waals surface area contributed by atoms with Crippen LogP contribution in [0, 0.1) is 10.1 Å². The number of amides is 1. The van der Waals surface area contributed by atoms with Crippen LogP contribution >= 0.6 is 0 Å². The molecule has 0 saturated heterocycles. The van der Waals surface area contributed by atoms with E-state index in [2.05, 4.69) is 0 Å². The van der Waals surface area contributed by atoms with E-state index in [9.17, 15) is 14.9 Å². The molecule has 6 nitrogen and oxygen atoms in total. The minimum atomic E-state index is -0.448. The molecule has 22 heavy (non-hydrogen) atoms. The predicted octanol–water partition coefficient (Wildman–Crippen LogP) is 2.76. The van der Waals surface area contributed by atoms with Crippen molar-refractivity contribution in [1.29, 1.82) is 0 Å². The molecule has 0 radical (unpaired) electrons. The summed E-state index contributed by atoms with van der Waals surface area (Å²) in [4.78, 5) is 24.4. The molecule has 0 bridgehead atoms. The van der Waals surface area contributed by atoms with Crippen molar-refractivity contribution < 1.29 is 14.5 Å². The second-order valence-corrected chi connectivity index (χ2v) is 5.11. The molecule has 1 aliphatic heterocycles. The Morgan fingerprint density at radius 1 is 1.23 bits per heavy atom. The fraction of sp³-hybridized carbons (Fsp3) is 0.188. The van der Waals surface area contributed by atoms with E-state index in [1.807, 2.05) is 24.3 Å². The van der Waals surface area contributed by atoms with E-state index in [1.165, 1.54) is 18.2 Å². The van der Waals surface area contributed by atoms with Crippen LogP contribution in [0.2, 0.25) is 0 Å². The van der Waals surface area contributed by atoms with Crippen molar-refractivity contribution in [3.8, 4) is 5.75 Å². The topological polar surface area (TPSA) is 72.7 Å². The van der Waals surface area contributed by atoms with E-state index >= 15 is 0 Å².